The van der Waals surface area contributed by atoms with Crippen LogP contribution < -0.4 is 0 Å². The molecule has 0 aromatic rings. The Morgan fingerprint density at radius 2 is 1.57 bits per heavy atom. The van der Waals surface area contributed by atoms with Crippen molar-refractivity contribution in [1.29, 1.82) is 0 Å². The number of alkyl halides is 3. The second-order valence-corrected chi connectivity index (χ2v) is 6.38. The number of aliphatic hydroxyl groups excluding tert-OH is 1. The van der Waals surface area contributed by atoms with Crippen LogP contribution in [0.1, 0.15) is 51.4 Å². The molecule has 1 rings (SSSR count). The van der Waals surface area contributed by atoms with Crippen LogP contribution in [0, 0.1) is 0 Å². The fourth-order valence-corrected chi connectivity index (χ4v) is 2.42. The monoisotopic (exact) mass is 328 g/mol. The predicted molar refractivity (Wildman–Crippen MR) is 71.8 cm³/mol. The Hall–Kier alpha value is -1.18. The molecule has 0 bridgehead atoms. The van der Waals surface area contributed by atoms with Gasteiger partial charge in [0, 0.05) is 12.8 Å². The van der Waals surface area contributed by atoms with E-state index in [1.807, 2.05) is 0 Å². The SMILES string of the molecule is O=S(=O)(O/C1=C/CCCC/C=C(/O)CCCC1)C(F)(F)F. The van der Waals surface area contributed by atoms with Crippen LogP contribution in [-0.2, 0) is 14.3 Å². The minimum absolute atomic E-state index is 0.0998. The number of hydrogen-bond donors (Lipinski definition) is 1. The van der Waals surface area contributed by atoms with E-state index < -0.39 is 15.6 Å². The molecular formula is C13H19F3O4S. The summed E-state index contributed by atoms with van der Waals surface area (Å²) in [6.45, 7) is 0. The summed E-state index contributed by atoms with van der Waals surface area (Å²) in [5.41, 5.74) is -5.42. The maximum atomic E-state index is 12.3. The van der Waals surface area contributed by atoms with Crippen molar-refractivity contribution in [2.75, 3.05) is 0 Å². The molecule has 8 heteroatoms. The third-order valence-electron chi connectivity index (χ3n) is 3.02. The molecule has 0 spiro atoms. The number of rotatable bonds is 2. The van der Waals surface area contributed by atoms with Gasteiger partial charge in [0.2, 0.25) is 0 Å². The summed E-state index contributed by atoms with van der Waals surface area (Å²) in [5, 5.41) is 9.52. The molecule has 0 unspecified atom stereocenters. The molecule has 1 aliphatic carbocycles. The number of hydrogen-bond acceptors (Lipinski definition) is 4. The second-order valence-electron chi connectivity index (χ2n) is 4.84. The molecule has 1 aliphatic rings. The van der Waals surface area contributed by atoms with E-state index in [-0.39, 0.29) is 17.9 Å². The molecule has 0 saturated carbocycles. The van der Waals surface area contributed by atoms with E-state index in [1.165, 1.54) is 6.08 Å². The Morgan fingerprint density at radius 3 is 2.19 bits per heavy atom. The topological polar surface area (TPSA) is 63.6 Å². The summed E-state index contributed by atoms with van der Waals surface area (Å²) in [4.78, 5) is 0. The summed E-state index contributed by atoms with van der Waals surface area (Å²) in [6.07, 6.45) is 7.26. The zero-order chi connectivity index (χ0) is 15.9. The highest BCUT2D eigenvalue weighted by Crippen LogP contribution is 2.28. The van der Waals surface area contributed by atoms with Gasteiger partial charge in [0.15, 0.2) is 0 Å². The Kier molecular flexibility index (Phi) is 6.57. The van der Waals surface area contributed by atoms with Gasteiger partial charge in [-0.3, -0.25) is 0 Å². The van der Waals surface area contributed by atoms with Gasteiger partial charge in [-0.15, -0.1) is 0 Å². The minimum atomic E-state index is -5.60. The summed E-state index contributed by atoms with van der Waals surface area (Å²) in [6, 6.07) is 0. The van der Waals surface area contributed by atoms with Crippen molar-refractivity contribution in [3.63, 3.8) is 0 Å². The van der Waals surface area contributed by atoms with Crippen molar-refractivity contribution in [2.24, 2.45) is 0 Å². The van der Waals surface area contributed by atoms with Gasteiger partial charge in [-0.1, -0.05) is 0 Å². The van der Waals surface area contributed by atoms with E-state index in [9.17, 15) is 26.7 Å². The molecule has 0 aliphatic heterocycles. The van der Waals surface area contributed by atoms with Crippen molar-refractivity contribution in [1.82, 2.24) is 0 Å². The minimum Gasteiger partial charge on any atom is -0.513 e. The quantitative estimate of drug-likeness (QED) is 0.606. The van der Waals surface area contributed by atoms with Crippen LogP contribution in [0.25, 0.3) is 0 Å². The lowest BCUT2D eigenvalue weighted by Crippen LogP contribution is -2.25. The molecule has 0 saturated heterocycles. The van der Waals surface area contributed by atoms with Crippen molar-refractivity contribution in [3.8, 4) is 0 Å². The van der Waals surface area contributed by atoms with Crippen LogP contribution in [-0.4, -0.2) is 19.0 Å². The highest BCUT2D eigenvalue weighted by molar-refractivity contribution is 7.87. The first kappa shape index (κ1) is 17.9. The van der Waals surface area contributed by atoms with Crippen LogP contribution in [0.3, 0.4) is 0 Å². The van der Waals surface area contributed by atoms with Crippen molar-refractivity contribution < 1.29 is 30.9 Å². The van der Waals surface area contributed by atoms with Crippen molar-refractivity contribution in [3.05, 3.63) is 23.7 Å². The Bertz CT molecular complexity index is 492. The van der Waals surface area contributed by atoms with Gasteiger partial charge < -0.3 is 9.29 Å². The average Bonchev–Trinajstić information content (AvgIpc) is 2.34. The first-order valence-electron chi connectivity index (χ1n) is 6.80. The van der Waals surface area contributed by atoms with Gasteiger partial charge >= 0.3 is 15.6 Å². The maximum absolute atomic E-state index is 12.3. The highest BCUT2D eigenvalue weighted by Gasteiger charge is 2.48. The van der Waals surface area contributed by atoms with Gasteiger partial charge in [-0.25, -0.2) is 0 Å². The molecule has 122 valence electrons. The van der Waals surface area contributed by atoms with Crippen LogP contribution >= 0.6 is 0 Å². The average molecular weight is 328 g/mol. The second kappa shape index (κ2) is 7.72. The third kappa shape index (κ3) is 6.41. The first-order valence-corrected chi connectivity index (χ1v) is 8.21. The van der Waals surface area contributed by atoms with E-state index in [4.69, 9.17) is 0 Å². The highest BCUT2D eigenvalue weighted by atomic mass is 32.2. The molecule has 21 heavy (non-hydrogen) atoms. The normalized spacial score (nSPS) is 24.7. The Labute approximate surface area is 122 Å². The fourth-order valence-electron chi connectivity index (χ4n) is 1.89. The van der Waals surface area contributed by atoms with Gasteiger partial charge in [0.05, 0.1) is 5.76 Å². The Balaban J connectivity index is 2.71. The lowest BCUT2D eigenvalue weighted by Gasteiger charge is -2.13. The van der Waals surface area contributed by atoms with E-state index in [2.05, 4.69) is 4.18 Å². The largest absolute Gasteiger partial charge is 0.534 e. The van der Waals surface area contributed by atoms with E-state index in [0.29, 0.717) is 38.5 Å². The predicted octanol–water partition coefficient (Wildman–Crippen LogP) is 4.31. The zero-order valence-corrected chi connectivity index (χ0v) is 12.3. The van der Waals surface area contributed by atoms with Crippen molar-refractivity contribution in [2.45, 2.75) is 56.9 Å². The summed E-state index contributed by atoms with van der Waals surface area (Å²) in [5.74, 6) is 0.0984. The molecular weight excluding hydrogens is 309 g/mol. The fraction of sp³-hybridized carbons (Fsp3) is 0.692. The smallest absolute Gasteiger partial charge is 0.513 e. The van der Waals surface area contributed by atoms with Crippen molar-refractivity contribution >= 4 is 10.1 Å². The van der Waals surface area contributed by atoms with Crippen LogP contribution in [0.2, 0.25) is 0 Å². The van der Waals surface area contributed by atoms with E-state index in [0.717, 1.165) is 6.42 Å². The van der Waals surface area contributed by atoms with Crippen LogP contribution in [0.15, 0.2) is 23.7 Å². The molecule has 0 aromatic heterocycles. The molecule has 0 amide bonds. The lowest BCUT2D eigenvalue weighted by atomic mass is 10.1. The molecule has 0 fully saturated rings. The van der Waals surface area contributed by atoms with Gasteiger partial charge in [-0.2, -0.15) is 21.6 Å². The van der Waals surface area contributed by atoms with Gasteiger partial charge in [-0.05, 0) is 50.7 Å². The molecule has 0 atom stereocenters. The lowest BCUT2D eigenvalue weighted by molar-refractivity contribution is -0.0523. The molecule has 0 aromatic carbocycles. The standard InChI is InChI=1S/C13H19F3O4S/c14-13(15,16)21(18,19)20-12-9-4-2-1-3-7-11(17)8-5-6-10-12/h7,9,17H,1-6,8,10H2/b11-7+,12-9+. The number of halogens is 3. The summed E-state index contributed by atoms with van der Waals surface area (Å²) >= 11 is 0. The van der Waals surface area contributed by atoms with E-state index in [1.54, 1.807) is 6.08 Å². The number of allylic oxidation sites excluding steroid dienone is 4. The zero-order valence-electron chi connectivity index (χ0n) is 11.5. The molecule has 1 N–H and O–H groups in total. The van der Waals surface area contributed by atoms with Gasteiger partial charge in [0.25, 0.3) is 0 Å². The number of aliphatic hydroxyl groups is 1. The van der Waals surface area contributed by atoms with Crippen LogP contribution in [0.4, 0.5) is 13.2 Å². The molecule has 4 nitrogen and oxygen atoms in total. The summed E-state index contributed by atoms with van der Waals surface area (Å²) < 4.78 is 63.1. The molecule has 0 radical (unpaired) electrons. The summed E-state index contributed by atoms with van der Waals surface area (Å²) in [7, 11) is -5.60. The molecule has 0 heterocycles. The maximum Gasteiger partial charge on any atom is 0.534 e. The van der Waals surface area contributed by atoms with Crippen LogP contribution in [0.5, 0.6) is 0 Å². The first-order chi connectivity index (χ1) is 9.72. The van der Waals surface area contributed by atoms with Gasteiger partial charge in [0.1, 0.15) is 5.76 Å². The van der Waals surface area contributed by atoms with E-state index >= 15 is 0 Å². The Morgan fingerprint density at radius 1 is 1.00 bits per heavy atom. The third-order valence-corrected chi connectivity index (χ3v) is 4.02.